The summed E-state index contributed by atoms with van der Waals surface area (Å²) < 4.78 is 1.91. The Morgan fingerprint density at radius 1 is 1.48 bits per heavy atom. The van der Waals surface area contributed by atoms with E-state index in [2.05, 4.69) is 31.1 Å². The van der Waals surface area contributed by atoms with Crippen molar-refractivity contribution in [2.45, 2.75) is 39.7 Å². The maximum absolute atomic E-state index is 12.2. The number of nitrogens with one attached hydrogen (secondary N) is 1. The first kappa shape index (κ1) is 16.0. The number of hydrogen-bond acceptors (Lipinski definition) is 4. The highest BCUT2D eigenvalue weighted by molar-refractivity contribution is 7.15. The first-order chi connectivity index (χ1) is 10.8. The van der Waals surface area contributed by atoms with E-state index in [0.29, 0.717) is 13.0 Å². The van der Waals surface area contributed by atoms with Gasteiger partial charge in [0.1, 0.15) is 0 Å². The van der Waals surface area contributed by atoms with Crippen LogP contribution in [0.3, 0.4) is 0 Å². The number of amides is 2. The Labute approximate surface area is 139 Å². The maximum atomic E-state index is 12.2. The Bertz CT molecular complexity index is 699. The number of carbonyl (C=O) groups excluding carboxylic acids is 2. The summed E-state index contributed by atoms with van der Waals surface area (Å²) in [5, 5.41) is 4.92. The summed E-state index contributed by atoms with van der Waals surface area (Å²) in [5.41, 5.74) is 0.821. The van der Waals surface area contributed by atoms with Crippen LogP contribution in [-0.2, 0) is 16.0 Å². The number of rotatable bonds is 4. The van der Waals surface area contributed by atoms with Gasteiger partial charge in [0.05, 0.1) is 18.2 Å². The lowest BCUT2D eigenvalue weighted by atomic mass is 9.96. The normalized spacial score (nSPS) is 18.8. The van der Waals surface area contributed by atoms with Crippen LogP contribution in [-0.4, -0.2) is 45.2 Å². The Morgan fingerprint density at radius 2 is 2.26 bits per heavy atom. The van der Waals surface area contributed by atoms with Gasteiger partial charge >= 0.3 is 0 Å². The topological polar surface area (TPSA) is 66.7 Å². The standard InChI is InChI=1S/C16H22N4O2S/c1-16(2,3)10-20-9-12(7-14(20)22)17-13(21)6-11-8-19-4-5-23-15(19)18-11/h4-5,8,12H,6-7,9-10H2,1-3H3,(H,17,21). The summed E-state index contributed by atoms with van der Waals surface area (Å²) >= 11 is 1.54. The molecule has 3 heterocycles. The van der Waals surface area contributed by atoms with Crippen molar-refractivity contribution in [1.29, 1.82) is 0 Å². The number of likely N-dealkylation sites (tertiary alicyclic amines) is 1. The maximum Gasteiger partial charge on any atom is 0.226 e. The smallest absolute Gasteiger partial charge is 0.226 e. The molecule has 23 heavy (non-hydrogen) atoms. The fourth-order valence-corrected chi connectivity index (χ4v) is 3.62. The number of nitrogens with zero attached hydrogens (tertiary/aromatic N) is 3. The minimum Gasteiger partial charge on any atom is -0.351 e. The first-order valence-corrected chi connectivity index (χ1v) is 8.66. The van der Waals surface area contributed by atoms with Crippen molar-refractivity contribution in [3.8, 4) is 0 Å². The first-order valence-electron chi connectivity index (χ1n) is 7.78. The van der Waals surface area contributed by atoms with E-state index < -0.39 is 0 Å². The molecule has 6 nitrogen and oxygen atoms in total. The molecule has 0 radical (unpaired) electrons. The minimum atomic E-state index is -0.0962. The Hall–Kier alpha value is -1.89. The molecule has 0 spiro atoms. The van der Waals surface area contributed by atoms with E-state index in [4.69, 9.17) is 0 Å². The van der Waals surface area contributed by atoms with E-state index >= 15 is 0 Å². The molecule has 2 amide bonds. The molecule has 3 rings (SSSR count). The largest absolute Gasteiger partial charge is 0.351 e. The molecule has 0 bridgehead atoms. The molecule has 0 saturated carbocycles. The van der Waals surface area contributed by atoms with Crippen molar-refractivity contribution < 1.29 is 9.59 Å². The summed E-state index contributed by atoms with van der Waals surface area (Å²) in [6, 6.07) is -0.0962. The molecule has 124 valence electrons. The van der Waals surface area contributed by atoms with Gasteiger partial charge in [-0.05, 0) is 5.41 Å². The van der Waals surface area contributed by atoms with E-state index in [9.17, 15) is 9.59 Å². The van der Waals surface area contributed by atoms with Gasteiger partial charge in [-0.25, -0.2) is 4.98 Å². The Kier molecular flexibility index (Phi) is 4.14. The van der Waals surface area contributed by atoms with Gasteiger partial charge in [0, 0.05) is 37.3 Å². The molecule has 7 heteroatoms. The van der Waals surface area contributed by atoms with E-state index in [0.717, 1.165) is 17.2 Å². The van der Waals surface area contributed by atoms with Gasteiger partial charge in [0.25, 0.3) is 0 Å². The Morgan fingerprint density at radius 3 is 2.96 bits per heavy atom. The average molecular weight is 334 g/mol. The predicted molar refractivity (Wildman–Crippen MR) is 89.4 cm³/mol. The van der Waals surface area contributed by atoms with Gasteiger partial charge in [-0.1, -0.05) is 20.8 Å². The zero-order valence-electron chi connectivity index (χ0n) is 13.7. The third-order valence-electron chi connectivity index (χ3n) is 3.73. The van der Waals surface area contributed by atoms with Crippen molar-refractivity contribution in [3.63, 3.8) is 0 Å². The van der Waals surface area contributed by atoms with Gasteiger partial charge in [0.15, 0.2) is 4.96 Å². The van der Waals surface area contributed by atoms with E-state index in [1.807, 2.05) is 27.1 Å². The zero-order chi connectivity index (χ0) is 16.6. The number of fused-ring (bicyclic) bond motifs is 1. The summed E-state index contributed by atoms with van der Waals surface area (Å²) in [6.07, 6.45) is 4.43. The molecular formula is C16H22N4O2S. The molecule has 2 aromatic heterocycles. The molecule has 1 aliphatic rings. The van der Waals surface area contributed by atoms with Crippen LogP contribution < -0.4 is 5.32 Å². The lowest BCUT2D eigenvalue weighted by Crippen LogP contribution is -2.39. The summed E-state index contributed by atoms with van der Waals surface area (Å²) in [6.45, 7) is 7.64. The lowest BCUT2D eigenvalue weighted by Gasteiger charge is -2.26. The number of aromatic nitrogens is 2. The van der Waals surface area contributed by atoms with Gasteiger partial charge in [0.2, 0.25) is 11.8 Å². The molecule has 2 aromatic rings. The highest BCUT2D eigenvalue weighted by atomic mass is 32.1. The van der Waals surface area contributed by atoms with Gasteiger partial charge < -0.3 is 10.2 Å². The van der Waals surface area contributed by atoms with Crippen molar-refractivity contribution >= 4 is 28.1 Å². The highest BCUT2D eigenvalue weighted by Crippen LogP contribution is 2.20. The zero-order valence-corrected chi connectivity index (χ0v) is 14.5. The third kappa shape index (κ3) is 3.90. The van der Waals surface area contributed by atoms with Gasteiger partial charge in [-0.15, -0.1) is 11.3 Å². The van der Waals surface area contributed by atoms with Crippen molar-refractivity contribution in [1.82, 2.24) is 19.6 Å². The molecule has 1 aliphatic heterocycles. The summed E-state index contributed by atoms with van der Waals surface area (Å²) in [4.78, 5) is 31.4. The van der Waals surface area contributed by atoms with Crippen molar-refractivity contribution in [3.05, 3.63) is 23.5 Å². The second kappa shape index (κ2) is 5.96. The summed E-state index contributed by atoms with van der Waals surface area (Å²) in [5.74, 6) is 0.0406. The van der Waals surface area contributed by atoms with E-state index in [-0.39, 0.29) is 29.7 Å². The predicted octanol–water partition coefficient (Wildman–Crippen LogP) is 1.70. The molecule has 1 fully saturated rings. The van der Waals surface area contributed by atoms with Crippen LogP contribution in [0.4, 0.5) is 0 Å². The van der Waals surface area contributed by atoms with Crippen LogP contribution in [0.25, 0.3) is 4.96 Å². The molecule has 0 aromatic carbocycles. The SMILES string of the molecule is CC(C)(C)CN1CC(NC(=O)Cc2cn3ccsc3n2)CC1=O. The molecule has 0 aliphatic carbocycles. The van der Waals surface area contributed by atoms with Crippen LogP contribution >= 0.6 is 11.3 Å². The number of carbonyl (C=O) groups is 2. The van der Waals surface area contributed by atoms with Crippen molar-refractivity contribution in [2.75, 3.05) is 13.1 Å². The number of hydrogen-bond donors (Lipinski definition) is 1. The second-order valence-electron chi connectivity index (χ2n) is 7.31. The third-order valence-corrected chi connectivity index (χ3v) is 4.50. The monoisotopic (exact) mass is 334 g/mol. The van der Waals surface area contributed by atoms with Crippen LogP contribution in [0.5, 0.6) is 0 Å². The van der Waals surface area contributed by atoms with Gasteiger partial charge in [-0.3, -0.25) is 14.0 Å². The van der Waals surface area contributed by atoms with Crippen LogP contribution in [0, 0.1) is 5.41 Å². The molecule has 1 unspecified atom stereocenters. The molecule has 1 atom stereocenters. The summed E-state index contributed by atoms with van der Waals surface area (Å²) in [7, 11) is 0. The van der Waals surface area contributed by atoms with Gasteiger partial charge in [-0.2, -0.15) is 0 Å². The van der Waals surface area contributed by atoms with Crippen molar-refractivity contribution in [2.24, 2.45) is 5.41 Å². The quantitative estimate of drug-likeness (QED) is 0.925. The highest BCUT2D eigenvalue weighted by Gasteiger charge is 2.32. The van der Waals surface area contributed by atoms with Crippen LogP contribution in [0.2, 0.25) is 0 Å². The lowest BCUT2D eigenvalue weighted by molar-refractivity contribution is -0.128. The molecule has 1 N–H and O–H groups in total. The fraction of sp³-hybridized carbons (Fsp3) is 0.562. The average Bonchev–Trinajstić information content (AvgIpc) is 3.03. The fourth-order valence-electron chi connectivity index (χ4n) is 2.90. The molecular weight excluding hydrogens is 312 g/mol. The van der Waals surface area contributed by atoms with E-state index in [1.54, 1.807) is 11.3 Å². The number of imidazole rings is 1. The number of thiazole rings is 1. The second-order valence-corrected chi connectivity index (χ2v) is 8.18. The molecule has 1 saturated heterocycles. The minimum absolute atomic E-state index is 0.0662. The van der Waals surface area contributed by atoms with E-state index in [1.165, 1.54) is 0 Å². The van der Waals surface area contributed by atoms with Crippen LogP contribution in [0.1, 0.15) is 32.9 Å². The van der Waals surface area contributed by atoms with Crippen LogP contribution in [0.15, 0.2) is 17.8 Å². The Balaban J connectivity index is 1.54.